The van der Waals surface area contributed by atoms with E-state index in [0.29, 0.717) is 32.5 Å². The minimum absolute atomic E-state index is 0.117. The van der Waals surface area contributed by atoms with Gasteiger partial charge in [0.2, 0.25) is 0 Å². The van der Waals surface area contributed by atoms with Crippen molar-refractivity contribution in [2.75, 3.05) is 13.1 Å². The van der Waals surface area contributed by atoms with Crippen molar-refractivity contribution >= 4 is 12.0 Å². The molecule has 0 bridgehead atoms. The van der Waals surface area contributed by atoms with Crippen LogP contribution in [-0.4, -0.2) is 35.1 Å². The van der Waals surface area contributed by atoms with Gasteiger partial charge in [0.25, 0.3) is 0 Å². The van der Waals surface area contributed by atoms with Gasteiger partial charge in [0, 0.05) is 19.6 Å². The van der Waals surface area contributed by atoms with E-state index in [1.54, 1.807) is 4.90 Å². The third-order valence-electron chi connectivity index (χ3n) is 4.40. The van der Waals surface area contributed by atoms with Gasteiger partial charge in [-0.2, -0.15) is 0 Å². The number of amides is 2. The first-order valence-corrected chi connectivity index (χ1v) is 8.12. The minimum Gasteiger partial charge on any atom is -0.481 e. The first-order valence-electron chi connectivity index (χ1n) is 8.12. The Kier molecular flexibility index (Phi) is 5.29. The Hall–Kier alpha value is -2.04. The Bertz CT molecular complexity index is 553. The number of nitrogens with one attached hydrogen (secondary N) is 1. The topological polar surface area (TPSA) is 69.6 Å². The van der Waals surface area contributed by atoms with Gasteiger partial charge >= 0.3 is 12.0 Å². The van der Waals surface area contributed by atoms with Gasteiger partial charge in [-0.25, -0.2) is 4.79 Å². The predicted octanol–water partition coefficient (Wildman–Crippen LogP) is 2.99. The summed E-state index contributed by atoms with van der Waals surface area (Å²) in [6.07, 6.45) is 1.06. The fourth-order valence-electron chi connectivity index (χ4n) is 2.74. The third kappa shape index (κ3) is 4.71. The summed E-state index contributed by atoms with van der Waals surface area (Å²) in [4.78, 5) is 24.8. The fraction of sp³-hybridized carbons (Fsp3) is 0.556. The number of carboxylic acids is 1. The molecule has 0 spiro atoms. The lowest BCUT2D eigenvalue weighted by Crippen LogP contribution is -2.45. The van der Waals surface area contributed by atoms with E-state index in [-0.39, 0.29) is 17.4 Å². The molecule has 126 valence electrons. The van der Waals surface area contributed by atoms with Gasteiger partial charge in [0.15, 0.2) is 0 Å². The van der Waals surface area contributed by atoms with Crippen molar-refractivity contribution in [3.63, 3.8) is 0 Å². The molecule has 2 amide bonds. The van der Waals surface area contributed by atoms with Crippen LogP contribution in [0, 0.1) is 5.92 Å². The average Bonchev–Trinajstić information content (AvgIpc) is 2.52. The predicted molar refractivity (Wildman–Crippen MR) is 89.3 cm³/mol. The SMILES string of the molecule is CC(C)(C)c1ccc(CNC(=O)N2CCC(C(=O)O)CC2)cc1. The van der Waals surface area contributed by atoms with Crippen LogP contribution in [0.4, 0.5) is 4.79 Å². The molecule has 1 fully saturated rings. The van der Waals surface area contributed by atoms with E-state index in [2.05, 4.69) is 38.2 Å². The Labute approximate surface area is 137 Å². The number of piperidine rings is 1. The summed E-state index contributed by atoms with van der Waals surface area (Å²) < 4.78 is 0. The van der Waals surface area contributed by atoms with Crippen molar-refractivity contribution in [1.29, 1.82) is 0 Å². The molecule has 0 atom stereocenters. The van der Waals surface area contributed by atoms with E-state index in [0.717, 1.165) is 5.56 Å². The van der Waals surface area contributed by atoms with Crippen LogP contribution in [0.2, 0.25) is 0 Å². The number of benzene rings is 1. The van der Waals surface area contributed by atoms with Crippen molar-refractivity contribution < 1.29 is 14.7 Å². The van der Waals surface area contributed by atoms with E-state index in [1.807, 2.05) is 12.1 Å². The zero-order valence-corrected chi connectivity index (χ0v) is 14.1. The summed E-state index contributed by atoms with van der Waals surface area (Å²) >= 11 is 0. The molecular formula is C18H26N2O3. The van der Waals surface area contributed by atoms with Gasteiger partial charge < -0.3 is 15.3 Å². The van der Waals surface area contributed by atoms with E-state index >= 15 is 0 Å². The molecule has 2 rings (SSSR count). The maximum Gasteiger partial charge on any atom is 0.317 e. The van der Waals surface area contributed by atoms with Crippen molar-refractivity contribution in [2.45, 2.75) is 45.6 Å². The molecule has 23 heavy (non-hydrogen) atoms. The molecule has 1 heterocycles. The van der Waals surface area contributed by atoms with Crippen molar-refractivity contribution in [2.24, 2.45) is 5.92 Å². The second-order valence-corrected chi connectivity index (χ2v) is 7.21. The Morgan fingerprint density at radius 3 is 2.22 bits per heavy atom. The molecular weight excluding hydrogens is 292 g/mol. The smallest absolute Gasteiger partial charge is 0.317 e. The first kappa shape index (κ1) is 17.3. The largest absolute Gasteiger partial charge is 0.481 e. The lowest BCUT2D eigenvalue weighted by molar-refractivity contribution is -0.143. The normalized spacial score (nSPS) is 16.2. The molecule has 1 aromatic rings. The molecule has 5 heteroatoms. The average molecular weight is 318 g/mol. The number of hydrogen-bond acceptors (Lipinski definition) is 2. The fourth-order valence-corrected chi connectivity index (χ4v) is 2.74. The highest BCUT2D eigenvalue weighted by molar-refractivity contribution is 5.75. The monoisotopic (exact) mass is 318 g/mol. The molecule has 0 aromatic heterocycles. The molecule has 1 saturated heterocycles. The van der Waals surface area contributed by atoms with Crippen LogP contribution < -0.4 is 5.32 Å². The van der Waals surface area contributed by atoms with Crippen LogP contribution in [0.1, 0.15) is 44.7 Å². The van der Waals surface area contributed by atoms with Gasteiger partial charge in [-0.15, -0.1) is 0 Å². The molecule has 0 saturated carbocycles. The van der Waals surface area contributed by atoms with E-state index in [9.17, 15) is 9.59 Å². The molecule has 0 radical (unpaired) electrons. The maximum atomic E-state index is 12.1. The second kappa shape index (κ2) is 7.02. The van der Waals surface area contributed by atoms with E-state index in [4.69, 9.17) is 5.11 Å². The maximum absolute atomic E-state index is 12.1. The number of carboxylic acid groups (broad SMARTS) is 1. The number of likely N-dealkylation sites (tertiary alicyclic amines) is 1. The van der Waals surface area contributed by atoms with E-state index in [1.165, 1.54) is 5.56 Å². The van der Waals surface area contributed by atoms with Crippen molar-refractivity contribution in [1.82, 2.24) is 10.2 Å². The lowest BCUT2D eigenvalue weighted by atomic mass is 9.87. The van der Waals surface area contributed by atoms with E-state index < -0.39 is 5.97 Å². The summed E-state index contributed by atoms with van der Waals surface area (Å²) in [5.74, 6) is -1.08. The zero-order chi connectivity index (χ0) is 17.0. The summed E-state index contributed by atoms with van der Waals surface area (Å²) in [5.41, 5.74) is 2.45. The van der Waals surface area contributed by atoms with Crippen molar-refractivity contribution in [3.05, 3.63) is 35.4 Å². The number of urea groups is 1. The Balaban J connectivity index is 1.82. The number of carbonyl (C=O) groups excluding carboxylic acids is 1. The van der Waals surface area contributed by atoms with Crippen LogP contribution in [0.15, 0.2) is 24.3 Å². The highest BCUT2D eigenvalue weighted by atomic mass is 16.4. The van der Waals surface area contributed by atoms with Gasteiger partial charge in [-0.05, 0) is 29.4 Å². The Morgan fingerprint density at radius 1 is 1.17 bits per heavy atom. The number of carbonyl (C=O) groups is 2. The first-order chi connectivity index (χ1) is 10.8. The zero-order valence-electron chi connectivity index (χ0n) is 14.1. The van der Waals surface area contributed by atoms with Crippen LogP contribution in [0.3, 0.4) is 0 Å². The van der Waals surface area contributed by atoms with Crippen molar-refractivity contribution in [3.8, 4) is 0 Å². The highest BCUT2D eigenvalue weighted by Crippen LogP contribution is 2.22. The molecule has 0 aliphatic carbocycles. The summed E-state index contributed by atoms with van der Waals surface area (Å²) in [5, 5.41) is 11.9. The third-order valence-corrected chi connectivity index (χ3v) is 4.40. The number of aliphatic carboxylic acids is 1. The van der Waals surface area contributed by atoms with Gasteiger partial charge in [0.05, 0.1) is 5.92 Å². The van der Waals surface area contributed by atoms with Gasteiger partial charge in [0.1, 0.15) is 0 Å². The molecule has 1 aliphatic rings. The van der Waals surface area contributed by atoms with Crippen LogP contribution in [0.5, 0.6) is 0 Å². The standard InChI is InChI=1S/C18H26N2O3/c1-18(2,3)15-6-4-13(5-7-15)12-19-17(23)20-10-8-14(9-11-20)16(21)22/h4-7,14H,8-12H2,1-3H3,(H,19,23)(H,21,22). The molecule has 2 N–H and O–H groups in total. The number of hydrogen-bond donors (Lipinski definition) is 2. The van der Waals surface area contributed by atoms with Crippen LogP contribution >= 0.6 is 0 Å². The van der Waals surface area contributed by atoms with Crippen LogP contribution in [0.25, 0.3) is 0 Å². The summed E-state index contributed by atoms with van der Waals surface area (Å²) in [7, 11) is 0. The minimum atomic E-state index is -0.760. The molecule has 1 aliphatic heterocycles. The highest BCUT2D eigenvalue weighted by Gasteiger charge is 2.26. The second-order valence-electron chi connectivity index (χ2n) is 7.21. The van der Waals surface area contributed by atoms with Crippen LogP contribution in [-0.2, 0) is 16.8 Å². The molecule has 0 unspecified atom stereocenters. The lowest BCUT2D eigenvalue weighted by Gasteiger charge is -2.30. The number of rotatable bonds is 3. The number of nitrogens with zero attached hydrogens (tertiary/aromatic N) is 1. The van der Waals surface area contributed by atoms with Gasteiger partial charge in [-0.3, -0.25) is 4.79 Å². The summed E-state index contributed by atoms with van der Waals surface area (Å²) in [6, 6.07) is 8.16. The molecule has 1 aromatic carbocycles. The Morgan fingerprint density at radius 2 is 1.74 bits per heavy atom. The molecule has 5 nitrogen and oxygen atoms in total. The summed E-state index contributed by atoms with van der Waals surface area (Å²) in [6.45, 7) is 8.01. The quantitative estimate of drug-likeness (QED) is 0.900. The van der Waals surface area contributed by atoms with Gasteiger partial charge in [-0.1, -0.05) is 45.0 Å².